The van der Waals surface area contributed by atoms with Crippen LogP contribution in [0.3, 0.4) is 0 Å². The van der Waals surface area contributed by atoms with Gasteiger partial charge in [-0.1, -0.05) is 91.0 Å². The van der Waals surface area contributed by atoms with Crippen LogP contribution in [0.25, 0.3) is 0 Å². The molecule has 0 aromatic heterocycles. The zero-order valence-corrected chi connectivity index (χ0v) is 21.3. The van der Waals surface area contributed by atoms with E-state index in [1.54, 1.807) is 0 Å². The Kier molecular flexibility index (Phi) is 8.16. The van der Waals surface area contributed by atoms with Gasteiger partial charge in [0.05, 0.1) is 0 Å². The number of rotatable bonds is 9. The van der Waals surface area contributed by atoms with Crippen molar-refractivity contribution in [3.8, 4) is 0 Å². The van der Waals surface area contributed by atoms with Crippen LogP contribution in [0.4, 0.5) is 0 Å². The van der Waals surface area contributed by atoms with Gasteiger partial charge in [-0.25, -0.2) is 0 Å². The van der Waals surface area contributed by atoms with Crippen molar-refractivity contribution >= 4 is 52.2 Å². The Morgan fingerprint density at radius 2 is 0.679 bits per heavy atom. The van der Waals surface area contributed by atoms with Gasteiger partial charge in [-0.3, -0.25) is 0 Å². The van der Waals surface area contributed by atoms with E-state index in [2.05, 4.69) is 92.4 Å². The summed E-state index contributed by atoms with van der Waals surface area (Å²) in [4.78, 5) is 0. The SMILES string of the molecule is C[SiH](O[SiH](O[SiH](C)c1ccccc1)O[SiH](C)c1ccccc1)c1ccccc1. The molecule has 3 rings (SSSR count). The van der Waals surface area contributed by atoms with E-state index in [0.717, 1.165) is 0 Å². The van der Waals surface area contributed by atoms with Crippen molar-refractivity contribution in [1.82, 2.24) is 0 Å². The second-order valence-electron chi connectivity index (χ2n) is 6.86. The quantitative estimate of drug-likeness (QED) is 0.472. The highest BCUT2D eigenvalue weighted by Crippen LogP contribution is 2.04. The summed E-state index contributed by atoms with van der Waals surface area (Å²) in [5, 5.41) is 3.86. The molecule has 3 aromatic carbocycles. The van der Waals surface area contributed by atoms with E-state index in [9.17, 15) is 0 Å². The fourth-order valence-corrected chi connectivity index (χ4v) is 13.7. The van der Waals surface area contributed by atoms with Crippen molar-refractivity contribution < 1.29 is 12.3 Å². The Morgan fingerprint density at radius 3 is 0.929 bits per heavy atom. The van der Waals surface area contributed by atoms with Crippen LogP contribution in [0.15, 0.2) is 91.0 Å². The third-order valence-corrected chi connectivity index (χ3v) is 16.3. The minimum Gasteiger partial charge on any atom is -0.417 e. The van der Waals surface area contributed by atoms with Crippen molar-refractivity contribution in [3.05, 3.63) is 91.0 Å². The van der Waals surface area contributed by atoms with Gasteiger partial charge in [0.1, 0.15) is 0 Å². The molecule has 7 heteroatoms. The van der Waals surface area contributed by atoms with Crippen LogP contribution in [0.1, 0.15) is 0 Å². The molecule has 28 heavy (non-hydrogen) atoms. The highest BCUT2D eigenvalue weighted by Gasteiger charge is 2.27. The van der Waals surface area contributed by atoms with Crippen LogP contribution >= 0.6 is 0 Å². The van der Waals surface area contributed by atoms with Gasteiger partial charge >= 0.3 is 9.53 Å². The van der Waals surface area contributed by atoms with E-state index in [1.807, 2.05) is 18.2 Å². The summed E-state index contributed by atoms with van der Waals surface area (Å²) >= 11 is 0. The third kappa shape index (κ3) is 6.21. The molecule has 3 atom stereocenters. The minimum atomic E-state index is -2.23. The Hall–Kier alpha value is -1.59. The highest BCUT2D eigenvalue weighted by atomic mass is 28.5. The van der Waals surface area contributed by atoms with Crippen LogP contribution in [0.5, 0.6) is 0 Å². The predicted octanol–water partition coefficient (Wildman–Crippen LogP) is 1.54. The van der Waals surface area contributed by atoms with Crippen molar-refractivity contribution in [2.45, 2.75) is 19.6 Å². The summed E-state index contributed by atoms with van der Waals surface area (Å²) in [5.74, 6) is 0. The number of benzene rings is 3. The van der Waals surface area contributed by atoms with Gasteiger partial charge in [0.15, 0.2) is 27.1 Å². The van der Waals surface area contributed by atoms with Crippen molar-refractivity contribution in [2.75, 3.05) is 0 Å². The van der Waals surface area contributed by atoms with Gasteiger partial charge in [-0.2, -0.15) is 0 Å². The van der Waals surface area contributed by atoms with Crippen LogP contribution in [0.2, 0.25) is 19.6 Å². The molecule has 0 fully saturated rings. The highest BCUT2D eigenvalue weighted by molar-refractivity contribution is 6.80. The van der Waals surface area contributed by atoms with Gasteiger partial charge in [-0.15, -0.1) is 0 Å². The second kappa shape index (κ2) is 10.8. The molecule has 0 amide bonds. The summed E-state index contributed by atoms with van der Waals surface area (Å²) in [5.41, 5.74) is 0. The molecule has 0 heterocycles. The molecule has 3 unspecified atom stereocenters. The summed E-state index contributed by atoms with van der Waals surface area (Å²) in [6.07, 6.45) is 0. The topological polar surface area (TPSA) is 27.7 Å². The van der Waals surface area contributed by atoms with Gasteiger partial charge < -0.3 is 12.3 Å². The van der Waals surface area contributed by atoms with E-state index in [0.29, 0.717) is 0 Å². The molecule has 0 saturated carbocycles. The Morgan fingerprint density at radius 1 is 0.429 bits per heavy atom. The first kappa shape index (κ1) is 21.1. The molecular formula is C21H28O3Si4. The van der Waals surface area contributed by atoms with Crippen LogP contribution < -0.4 is 15.6 Å². The molecule has 0 bridgehead atoms. The van der Waals surface area contributed by atoms with Gasteiger partial charge in [0.25, 0.3) is 0 Å². The van der Waals surface area contributed by atoms with E-state index in [4.69, 9.17) is 12.3 Å². The third-order valence-electron chi connectivity index (χ3n) is 4.75. The van der Waals surface area contributed by atoms with Crippen LogP contribution in [0, 0.1) is 0 Å². The Balaban J connectivity index is 1.73. The minimum absolute atomic E-state index is 1.29. The molecule has 0 radical (unpaired) electrons. The standard InChI is InChI=1S/C21H28O3Si4/c1-25(19-13-7-4-8-14-19)22-28(23-26(2)20-15-9-5-10-16-20)24-27(3)21-17-11-6-12-18-21/h4-18,25-28H,1-3H3. The van der Waals surface area contributed by atoms with Gasteiger partial charge in [0, 0.05) is 0 Å². The molecule has 0 aliphatic carbocycles. The average molecular weight is 441 g/mol. The molecule has 0 N–H and O–H groups in total. The number of hydrogen-bond donors (Lipinski definition) is 0. The van der Waals surface area contributed by atoms with Crippen LogP contribution in [-0.2, 0) is 12.3 Å². The maximum atomic E-state index is 6.52. The molecule has 0 spiro atoms. The fourth-order valence-electron chi connectivity index (χ4n) is 3.00. The molecule has 0 aliphatic rings. The van der Waals surface area contributed by atoms with Crippen molar-refractivity contribution in [3.63, 3.8) is 0 Å². The van der Waals surface area contributed by atoms with Gasteiger partial charge in [-0.05, 0) is 35.2 Å². The first-order chi connectivity index (χ1) is 13.6. The summed E-state index contributed by atoms with van der Waals surface area (Å²) in [6.45, 7) is 6.64. The molecule has 3 nitrogen and oxygen atoms in total. The lowest BCUT2D eigenvalue weighted by Gasteiger charge is -2.27. The monoisotopic (exact) mass is 440 g/mol. The summed E-state index contributed by atoms with van der Waals surface area (Å²) < 4.78 is 19.6. The van der Waals surface area contributed by atoms with Gasteiger partial charge in [0.2, 0.25) is 0 Å². The van der Waals surface area contributed by atoms with E-state index >= 15 is 0 Å². The largest absolute Gasteiger partial charge is 0.452 e. The fraction of sp³-hybridized carbons (Fsp3) is 0.143. The summed E-state index contributed by atoms with van der Waals surface area (Å²) in [7, 11) is -6.93. The molecule has 146 valence electrons. The molecule has 0 saturated heterocycles. The Labute approximate surface area is 175 Å². The first-order valence-corrected chi connectivity index (χ1v) is 17.8. The van der Waals surface area contributed by atoms with Crippen molar-refractivity contribution in [2.24, 2.45) is 0 Å². The average Bonchev–Trinajstić information content (AvgIpc) is 2.75. The molecular weight excluding hydrogens is 413 g/mol. The molecule has 3 aromatic rings. The predicted molar refractivity (Wildman–Crippen MR) is 128 cm³/mol. The van der Waals surface area contributed by atoms with Crippen LogP contribution in [-0.4, -0.2) is 36.6 Å². The lowest BCUT2D eigenvalue weighted by molar-refractivity contribution is 0.322. The maximum Gasteiger partial charge on any atom is 0.452 e. The first-order valence-electron chi connectivity index (χ1n) is 9.74. The van der Waals surface area contributed by atoms with E-state index in [1.165, 1.54) is 15.6 Å². The zero-order valence-electron chi connectivity index (χ0n) is 16.7. The lowest BCUT2D eigenvalue weighted by atomic mass is 10.4. The maximum absolute atomic E-state index is 6.52. The normalized spacial score (nSPS) is 15.5. The second-order valence-corrected chi connectivity index (χ2v) is 16.6. The smallest absolute Gasteiger partial charge is 0.417 e. The van der Waals surface area contributed by atoms with E-state index in [-0.39, 0.29) is 0 Å². The van der Waals surface area contributed by atoms with Crippen molar-refractivity contribution in [1.29, 1.82) is 0 Å². The zero-order chi connectivity index (χ0) is 19.8. The molecule has 0 aliphatic heterocycles. The summed E-state index contributed by atoms with van der Waals surface area (Å²) in [6, 6.07) is 31.5. The Bertz CT molecular complexity index is 708. The lowest BCUT2D eigenvalue weighted by Crippen LogP contribution is -2.49. The van der Waals surface area contributed by atoms with E-state index < -0.39 is 36.6 Å². The number of hydrogen-bond acceptors (Lipinski definition) is 3.